The van der Waals surface area contributed by atoms with Gasteiger partial charge in [-0.15, -0.1) is 0 Å². The third-order valence-electron chi connectivity index (χ3n) is 3.67. The molecule has 134 valence electrons. The number of carbonyl (C=O) groups excluding carboxylic acids is 1. The van der Waals surface area contributed by atoms with Crippen molar-refractivity contribution >= 4 is 28.5 Å². The number of amides is 1. The maximum Gasteiger partial charge on any atom is 0.301 e. The largest absolute Gasteiger partial charge is 0.426 e. The minimum absolute atomic E-state index is 0.0881. The molecule has 0 bridgehead atoms. The summed E-state index contributed by atoms with van der Waals surface area (Å²) < 4.78 is 21.5. The second kappa shape index (κ2) is 8.79. The molecule has 0 aliphatic carbocycles. The quantitative estimate of drug-likeness (QED) is 0.420. The molecule has 1 N–H and O–H groups in total. The number of rotatable bonds is 7. The molecule has 3 rings (SSSR count). The third-order valence-corrected chi connectivity index (χ3v) is 4.39. The second-order valence-electron chi connectivity index (χ2n) is 5.58. The van der Waals surface area contributed by atoms with Crippen molar-refractivity contribution in [3.05, 3.63) is 75.9 Å². The number of imidazole rings is 1. The molecule has 7 heteroatoms. The predicted octanol–water partition coefficient (Wildman–Crippen LogP) is 4.24. The van der Waals surface area contributed by atoms with Crippen LogP contribution in [0.15, 0.2) is 60.9 Å². The Balaban J connectivity index is 1.48. The van der Waals surface area contributed by atoms with Crippen LogP contribution in [0.2, 0.25) is 0 Å². The number of aromatic nitrogens is 2. The van der Waals surface area contributed by atoms with Gasteiger partial charge < -0.3 is 14.6 Å². The van der Waals surface area contributed by atoms with Crippen molar-refractivity contribution in [1.82, 2.24) is 14.9 Å². The number of nitrogens with zero attached hydrogens (tertiary/aromatic N) is 2. The fourth-order valence-corrected chi connectivity index (χ4v) is 2.69. The molecule has 0 spiro atoms. The molecule has 1 amide bonds. The van der Waals surface area contributed by atoms with Gasteiger partial charge in [0.25, 0.3) is 5.91 Å². The standard InChI is InChI=1S/C19H17FIN3O2/c20-15-4-8-17(9-5-15)26-19-23-11-13-24(19)12-1-10-22-18(25)14-2-6-16(21)7-3-14/h2-9,11,13H,1,10,12H2,(H,22,25). The number of carbonyl (C=O) groups is 1. The average molecular weight is 465 g/mol. The lowest BCUT2D eigenvalue weighted by atomic mass is 10.2. The summed E-state index contributed by atoms with van der Waals surface area (Å²) in [5.41, 5.74) is 0.647. The fourth-order valence-electron chi connectivity index (χ4n) is 2.33. The summed E-state index contributed by atoms with van der Waals surface area (Å²) in [6.45, 7) is 1.18. The van der Waals surface area contributed by atoms with E-state index < -0.39 is 0 Å². The van der Waals surface area contributed by atoms with E-state index in [0.717, 1.165) is 9.99 Å². The Bertz CT molecular complexity index is 863. The van der Waals surface area contributed by atoms with Gasteiger partial charge in [0.1, 0.15) is 11.6 Å². The number of benzene rings is 2. The minimum Gasteiger partial charge on any atom is -0.426 e. The molecule has 1 heterocycles. The summed E-state index contributed by atoms with van der Waals surface area (Å²) in [7, 11) is 0. The monoisotopic (exact) mass is 465 g/mol. The normalized spacial score (nSPS) is 10.5. The average Bonchev–Trinajstić information content (AvgIpc) is 3.08. The number of hydrogen-bond donors (Lipinski definition) is 1. The zero-order chi connectivity index (χ0) is 18.4. The highest BCUT2D eigenvalue weighted by Gasteiger charge is 2.07. The van der Waals surface area contributed by atoms with E-state index in [1.54, 1.807) is 24.5 Å². The molecule has 0 saturated carbocycles. The van der Waals surface area contributed by atoms with Crippen LogP contribution in [-0.4, -0.2) is 22.0 Å². The van der Waals surface area contributed by atoms with Crippen LogP contribution in [0, 0.1) is 9.39 Å². The highest BCUT2D eigenvalue weighted by atomic mass is 127. The highest BCUT2D eigenvalue weighted by molar-refractivity contribution is 14.1. The Morgan fingerprint density at radius 3 is 2.62 bits per heavy atom. The first-order valence-electron chi connectivity index (χ1n) is 8.10. The van der Waals surface area contributed by atoms with Gasteiger partial charge in [-0.05, 0) is 77.5 Å². The van der Waals surface area contributed by atoms with Crippen molar-refractivity contribution in [2.24, 2.45) is 0 Å². The van der Waals surface area contributed by atoms with Crippen LogP contribution in [0.5, 0.6) is 11.8 Å². The summed E-state index contributed by atoms with van der Waals surface area (Å²) in [5.74, 6) is 0.116. The van der Waals surface area contributed by atoms with E-state index in [0.29, 0.717) is 30.4 Å². The molecule has 0 unspecified atom stereocenters. The summed E-state index contributed by atoms with van der Waals surface area (Å²) >= 11 is 2.20. The fraction of sp³-hybridized carbons (Fsp3) is 0.158. The maximum atomic E-state index is 12.9. The number of hydrogen-bond acceptors (Lipinski definition) is 3. The smallest absolute Gasteiger partial charge is 0.301 e. The minimum atomic E-state index is -0.315. The molecule has 0 saturated heterocycles. The predicted molar refractivity (Wildman–Crippen MR) is 105 cm³/mol. The Morgan fingerprint density at radius 2 is 1.88 bits per heavy atom. The topological polar surface area (TPSA) is 56.2 Å². The van der Waals surface area contributed by atoms with Crippen molar-refractivity contribution in [3.8, 4) is 11.8 Å². The second-order valence-corrected chi connectivity index (χ2v) is 6.82. The SMILES string of the molecule is O=C(NCCCn1ccnc1Oc1ccc(F)cc1)c1ccc(I)cc1. The summed E-state index contributed by atoms with van der Waals surface area (Å²) in [5, 5.41) is 2.90. The Kier molecular flexibility index (Phi) is 6.21. The van der Waals surface area contributed by atoms with Gasteiger partial charge in [-0.25, -0.2) is 9.37 Å². The van der Waals surface area contributed by atoms with Gasteiger partial charge in [-0.2, -0.15) is 0 Å². The number of ether oxygens (including phenoxy) is 1. The van der Waals surface area contributed by atoms with E-state index in [-0.39, 0.29) is 11.7 Å². The van der Waals surface area contributed by atoms with Gasteiger partial charge in [0.2, 0.25) is 0 Å². The van der Waals surface area contributed by atoms with E-state index >= 15 is 0 Å². The Morgan fingerprint density at radius 1 is 1.15 bits per heavy atom. The van der Waals surface area contributed by atoms with Crippen LogP contribution >= 0.6 is 22.6 Å². The highest BCUT2D eigenvalue weighted by Crippen LogP contribution is 2.20. The van der Waals surface area contributed by atoms with Gasteiger partial charge in [0.05, 0.1) is 0 Å². The third kappa shape index (κ3) is 5.04. The summed E-state index contributed by atoms with van der Waals surface area (Å²) in [4.78, 5) is 16.2. The van der Waals surface area contributed by atoms with Crippen LogP contribution in [0.1, 0.15) is 16.8 Å². The molecule has 3 aromatic rings. The van der Waals surface area contributed by atoms with E-state index in [9.17, 15) is 9.18 Å². The molecule has 1 aromatic heterocycles. The van der Waals surface area contributed by atoms with Crippen LogP contribution in [-0.2, 0) is 6.54 Å². The molecule has 0 aliphatic heterocycles. The molecule has 26 heavy (non-hydrogen) atoms. The van der Waals surface area contributed by atoms with Gasteiger partial charge in [0, 0.05) is 34.6 Å². The molecule has 0 radical (unpaired) electrons. The maximum absolute atomic E-state index is 12.9. The van der Waals surface area contributed by atoms with Crippen LogP contribution in [0.25, 0.3) is 0 Å². The summed E-state index contributed by atoms with van der Waals surface area (Å²) in [6, 6.07) is 13.6. The van der Waals surface area contributed by atoms with Crippen molar-refractivity contribution in [1.29, 1.82) is 0 Å². The molecule has 2 aromatic carbocycles. The van der Waals surface area contributed by atoms with Crippen molar-refractivity contribution in [3.63, 3.8) is 0 Å². The van der Waals surface area contributed by atoms with Crippen LogP contribution < -0.4 is 10.1 Å². The zero-order valence-corrected chi connectivity index (χ0v) is 16.0. The van der Waals surface area contributed by atoms with E-state index in [1.807, 2.05) is 28.8 Å². The van der Waals surface area contributed by atoms with E-state index in [1.165, 1.54) is 12.1 Å². The lowest BCUT2D eigenvalue weighted by molar-refractivity contribution is 0.0952. The Hall–Kier alpha value is -2.42. The van der Waals surface area contributed by atoms with Crippen LogP contribution in [0.3, 0.4) is 0 Å². The molecular weight excluding hydrogens is 448 g/mol. The van der Waals surface area contributed by atoms with Gasteiger partial charge >= 0.3 is 6.01 Å². The number of nitrogens with one attached hydrogen (secondary N) is 1. The van der Waals surface area contributed by atoms with Gasteiger partial charge in [-0.1, -0.05) is 0 Å². The molecule has 0 atom stereocenters. The first-order chi connectivity index (χ1) is 12.6. The van der Waals surface area contributed by atoms with E-state index in [4.69, 9.17) is 4.74 Å². The number of aryl methyl sites for hydroxylation is 1. The molecule has 0 aliphatic rings. The first-order valence-corrected chi connectivity index (χ1v) is 9.18. The summed E-state index contributed by atoms with van der Waals surface area (Å²) in [6.07, 6.45) is 4.18. The Labute approximate surface area is 164 Å². The van der Waals surface area contributed by atoms with Gasteiger partial charge in [-0.3, -0.25) is 4.79 Å². The molecular formula is C19H17FIN3O2. The van der Waals surface area contributed by atoms with E-state index in [2.05, 4.69) is 32.9 Å². The first kappa shape index (κ1) is 18.4. The lowest BCUT2D eigenvalue weighted by Crippen LogP contribution is -2.25. The van der Waals surface area contributed by atoms with Crippen LogP contribution in [0.4, 0.5) is 4.39 Å². The van der Waals surface area contributed by atoms with Crippen molar-refractivity contribution in [2.45, 2.75) is 13.0 Å². The van der Waals surface area contributed by atoms with Crippen molar-refractivity contribution < 1.29 is 13.9 Å². The van der Waals surface area contributed by atoms with Crippen molar-refractivity contribution in [2.75, 3.05) is 6.54 Å². The lowest BCUT2D eigenvalue weighted by Gasteiger charge is -2.09. The number of halogens is 2. The molecule has 5 nitrogen and oxygen atoms in total. The van der Waals surface area contributed by atoms with Gasteiger partial charge in [0.15, 0.2) is 0 Å². The zero-order valence-electron chi connectivity index (χ0n) is 13.9. The molecule has 0 fully saturated rings.